The van der Waals surface area contributed by atoms with Crippen molar-refractivity contribution in [3.63, 3.8) is 0 Å². The van der Waals surface area contributed by atoms with Gasteiger partial charge < -0.3 is 10.2 Å². The van der Waals surface area contributed by atoms with E-state index in [4.69, 9.17) is 0 Å². The van der Waals surface area contributed by atoms with E-state index in [0.717, 1.165) is 12.8 Å². The lowest BCUT2D eigenvalue weighted by Gasteiger charge is -2.21. The summed E-state index contributed by atoms with van der Waals surface area (Å²) in [7, 11) is 0. The highest BCUT2D eigenvalue weighted by Gasteiger charge is 2.29. The maximum Gasteiger partial charge on any atom is 0.319 e. The Bertz CT molecular complexity index is 305. The molecular weight excluding hydrogens is 230 g/mol. The van der Waals surface area contributed by atoms with E-state index in [1.54, 1.807) is 9.80 Å². The number of rotatable bonds is 5. The number of nitrogens with zero attached hydrogens (tertiary/aromatic N) is 2. The first-order valence-electron chi connectivity index (χ1n) is 6.77. The van der Waals surface area contributed by atoms with Crippen molar-refractivity contribution in [1.82, 2.24) is 15.1 Å². The zero-order valence-electron chi connectivity index (χ0n) is 11.9. The van der Waals surface area contributed by atoms with Gasteiger partial charge in [-0.05, 0) is 32.6 Å². The molecule has 1 aliphatic heterocycles. The van der Waals surface area contributed by atoms with Crippen LogP contribution in [0.15, 0.2) is 0 Å². The Hall–Kier alpha value is -1.26. The molecule has 1 unspecified atom stereocenters. The fraction of sp³-hybridized carbons (Fsp3) is 0.846. The Labute approximate surface area is 110 Å². The number of hydrogen-bond donors (Lipinski definition) is 1. The molecule has 0 aromatic heterocycles. The molecule has 0 bridgehead atoms. The molecule has 104 valence electrons. The lowest BCUT2D eigenvalue weighted by Crippen LogP contribution is -2.43. The van der Waals surface area contributed by atoms with Crippen LogP contribution in [-0.2, 0) is 4.79 Å². The third-order valence-corrected chi connectivity index (χ3v) is 3.24. The second-order valence-corrected chi connectivity index (χ2v) is 5.41. The second kappa shape index (κ2) is 6.61. The molecular formula is C13H25N3O2. The van der Waals surface area contributed by atoms with Gasteiger partial charge in [0, 0.05) is 12.6 Å². The molecule has 3 amide bonds. The molecule has 5 nitrogen and oxygen atoms in total. The van der Waals surface area contributed by atoms with E-state index in [9.17, 15) is 9.59 Å². The summed E-state index contributed by atoms with van der Waals surface area (Å²) < 4.78 is 0. The van der Waals surface area contributed by atoms with Crippen LogP contribution in [0.1, 0.15) is 40.5 Å². The number of amides is 3. The van der Waals surface area contributed by atoms with Crippen molar-refractivity contribution >= 4 is 11.9 Å². The third-order valence-electron chi connectivity index (χ3n) is 3.24. The van der Waals surface area contributed by atoms with Gasteiger partial charge in [0.05, 0.1) is 6.67 Å². The van der Waals surface area contributed by atoms with E-state index in [0.29, 0.717) is 19.1 Å². The standard InChI is InChI=1S/C13H25N3O2/c1-5-15-9-16(8-12(15)17)13(18)14-11(4)7-6-10(2)3/h10-11H,5-9H2,1-4H3,(H,14,18). The topological polar surface area (TPSA) is 52.6 Å². The lowest BCUT2D eigenvalue weighted by atomic mass is 10.0. The van der Waals surface area contributed by atoms with Crippen LogP contribution < -0.4 is 5.32 Å². The molecule has 0 aromatic carbocycles. The predicted octanol–water partition coefficient (Wildman–Crippen LogP) is 1.64. The summed E-state index contributed by atoms with van der Waals surface area (Å²) in [5.74, 6) is 0.677. The molecule has 0 spiro atoms. The third kappa shape index (κ3) is 4.20. The molecule has 1 N–H and O–H groups in total. The SMILES string of the molecule is CCN1CN(C(=O)NC(C)CCC(C)C)CC1=O. The van der Waals surface area contributed by atoms with Crippen molar-refractivity contribution < 1.29 is 9.59 Å². The van der Waals surface area contributed by atoms with Crippen molar-refractivity contribution in [1.29, 1.82) is 0 Å². The molecule has 1 saturated heterocycles. The highest BCUT2D eigenvalue weighted by Crippen LogP contribution is 2.09. The first-order chi connectivity index (χ1) is 8.43. The van der Waals surface area contributed by atoms with Gasteiger partial charge in [0.1, 0.15) is 6.54 Å². The minimum atomic E-state index is -0.129. The largest absolute Gasteiger partial charge is 0.335 e. The number of carbonyl (C=O) groups excluding carboxylic acids is 2. The predicted molar refractivity (Wildman–Crippen MR) is 71.0 cm³/mol. The van der Waals surface area contributed by atoms with E-state index in [1.807, 2.05) is 13.8 Å². The van der Waals surface area contributed by atoms with Gasteiger partial charge in [-0.25, -0.2) is 4.79 Å². The lowest BCUT2D eigenvalue weighted by molar-refractivity contribution is -0.126. The Morgan fingerprint density at radius 2 is 2.00 bits per heavy atom. The summed E-state index contributed by atoms with van der Waals surface area (Å²) in [6, 6.07) is 0.0289. The molecule has 5 heteroatoms. The number of urea groups is 1. The van der Waals surface area contributed by atoms with Crippen LogP contribution in [0.5, 0.6) is 0 Å². The Morgan fingerprint density at radius 1 is 1.33 bits per heavy atom. The average Bonchev–Trinajstić information content (AvgIpc) is 2.68. The van der Waals surface area contributed by atoms with Crippen LogP contribution in [0.4, 0.5) is 4.79 Å². The fourth-order valence-corrected chi connectivity index (χ4v) is 1.97. The second-order valence-electron chi connectivity index (χ2n) is 5.41. The highest BCUT2D eigenvalue weighted by molar-refractivity contribution is 5.87. The molecule has 1 rings (SSSR count). The van der Waals surface area contributed by atoms with E-state index in [-0.39, 0.29) is 24.5 Å². The maximum atomic E-state index is 11.9. The number of carbonyl (C=O) groups is 2. The smallest absolute Gasteiger partial charge is 0.319 e. The minimum absolute atomic E-state index is 0.0301. The highest BCUT2D eigenvalue weighted by atomic mass is 16.2. The van der Waals surface area contributed by atoms with E-state index in [1.165, 1.54) is 0 Å². The molecule has 0 saturated carbocycles. The number of hydrogen-bond acceptors (Lipinski definition) is 2. The van der Waals surface area contributed by atoms with Gasteiger partial charge in [0.25, 0.3) is 0 Å². The average molecular weight is 255 g/mol. The van der Waals surface area contributed by atoms with Crippen molar-refractivity contribution in [2.24, 2.45) is 5.92 Å². The van der Waals surface area contributed by atoms with Crippen LogP contribution in [0.25, 0.3) is 0 Å². The quantitative estimate of drug-likeness (QED) is 0.812. The van der Waals surface area contributed by atoms with E-state index in [2.05, 4.69) is 19.2 Å². The fourth-order valence-electron chi connectivity index (χ4n) is 1.97. The number of nitrogens with one attached hydrogen (secondary N) is 1. The van der Waals surface area contributed by atoms with Gasteiger partial charge in [-0.2, -0.15) is 0 Å². The Kier molecular flexibility index (Phi) is 5.44. The van der Waals surface area contributed by atoms with Crippen molar-refractivity contribution in [3.8, 4) is 0 Å². The molecule has 0 aromatic rings. The molecule has 18 heavy (non-hydrogen) atoms. The van der Waals surface area contributed by atoms with Crippen LogP contribution in [0, 0.1) is 5.92 Å². The normalized spacial score (nSPS) is 17.5. The summed E-state index contributed by atoms with van der Waals surface area (Å²) in [4.78, 5) is 26.7. The van der Waals surface area contributed by atoms with Crippen molar-refractivity contribution in [2.45, 2.75) is 46.6 Å². The number of likely N-dealkylation sites (N-methyl/N-ethyl adjacent to an activating group) is 1. The Balaban J connectivity index is 2.35. The van der Waals surface area contributed by atoms with E-state index >= 15 is 0 Å². The zero-order valence-corrected chi connectivity index (χ0v) is 11.9. The molecule has 1 heterocycles. The monoisotopic (exact) mass is 255 g/mol. The molecule has 0 radical (unpaired) electrons. The maximum absolute atomic E-state index is 11.9. The summed E-state index contributed by atoms with van der Waals surface area (Å²) in [6.45, 7) is 9.56. The van der Waals surface area contributed by atoms with Gasteiger partial charge >= 0.3 is 6.03 Å². The van der Waals surface area contributed by atoms with Crippen molar-refractivity contribution in [2.75, 3.05) is 19.8 Å². The molecule has 1 atom stereocenters. The summed E-state index contributed by atoms with van der Waals surface area (Å²) >= 11 is 0. The van der Waals surface area contributed by atoms with Crippen LogP contribution in [0.3, 0.4) is 0 Å². The van der Waals surface area contributed by atoms with Gasteiger partial charge in [0.15, 0.2) is 0 Å². The first kappa shape index (κ1) is 14.8. The summed E-state index contributed by atoms with van der Waals surface area (Å²) in [6.07, 6.45) is 2.07. The zero-order chi connectivity index (χ0) is 13.7. The summed E-state index contributed by atoms with van der Waals surface area (Å²) in [5, 5.41) is 2.95. The molecule has 0 aliphatic carbocycles. The van der Waals surface area contributed by atoms with Crippen molar-refractivity contribution in [3.05, 3.63) is 0 Å². The van der Waals surface area contributed by atoms with Gasteiger partial charge in [-0.15, -0.1) is 0 Å². The van der Waals surface area contributed by atoms with Gasteiger partial charge in [-0.3, -0.25) is 9.69 Å². The van der Waals surface area contributed by atoms with E-state index < -0.39 is 0 Å². The van der Waals surface area contributed by atoms with Crippen LogP contribution in [-0.4, -0.2) is 47.5 Å². The summed E-state index contributed by atoms with van der Waals surface area (Å²) in [5.41, 5.74) is 0. The van der Waals surface area contributed by atoms with Gasteiger partial charge in [0.2, 0.25) is 5.91 Å². The van der Waals surface area contributed by atoms with Gasteiger partial charge in [-0.1, -0.05) is 13.8 Å². The van der Waals surface area contributed by atoms with Crippen LogP contribution in [0.2, 0.25) is 0 Å². The first-order valence-corrected chi connectivity index (χ1v) is 6.77. The minimum Gasteiger partial charge on any atom is -0.335 e. The Morgan fingerprint density at radius 3 is 2.50 bits per heavy atom. The van der Waals surface area contributed by atoms with Crippen LogP contribution >= 0.6 is 0 Å². The molecule has 1 aliphatic rings. The molecule has 1 fully saturated rings.